The average Bonchev–Trinajstić information content (AvgIpc) is 2.85. The lowest BCUT2D eigenvalue weighted by molar-refractivity contribution is 0.100. The summed E-state index contributed by atoms with van der Waals surface area (Å²) in [5.41, 5.74) is 6.66. The van der Waals surface area contributed by atoms with Gasteiger partial charge in [-0.05, 0) is 48.9 Å². The van der Waals surface area contributed by atoms with E-state index < -0.39 is 5.91 Å². The molecule has 7 heteroatoms. The molecule has 20 heavy (non-hydrogen) atoms. The Balaban J connectivity index is 2.06. The number of nitrogens with two attached hydrogens (primary N) is 1. The van der Waals surface area contributed by atoms with Crippen molar-refractivity contribution in [3.05, 3.63) is 35.4 Å². The first kappa shape index (κ1) is 14.5. The van der Waals surface area contributed by atoms with Gasteiger partial charge in [0.25, 0.3) is 0 Å². The minimum Gasteiger partial charge on any atom is -0.366 e. The zero-order valence-corrected chi connectivity index (χ0v) is 12.5. The first-order valence-corrected chi connectivity index (χ1v) is 7.17. The Morgan fingerprint density at radius 2 is 1.95 bits per heavy atom. The molecule has 0 fully saturated rings. The third kappa shape index (κ3) is 3.36. The van der Waals surface area contributed by atoms with E-state index in [2.05, 4.69) is 36.3 Å². The Kier molecular flexibility index (Phi) is 4.08. The van der Waals surface area contributed by atoms with Crippen molar-refractivity contribution in [3.63, 3.8) is 0 Å². The van der Waals surface area contributed by atoms with Gasteiger partial charge < -0.3 is 5.73 Å². The van der Waals surface area contributed by atoms with Crippen LogP contribution in [0.2, 0.25) is 0 Å². The summed E-state index contributed by atoms with van der Waals surface area (Å²) in [5.74, 6) is 0.316. The number of aromatic nitrogens is 4. The number of carbonyl (C=O) groups excluding carboxylic acids is 1. The number of hydrogen-bond acceptors (Lipinski definition) is 5. The van der Waals surface area contributed by atoms with Crippen molar-refractivity contribution in [3.8, 4) is 0 Å². The lowest BCUT2D eigenvalue weighted by atomic mass is 10.1. The van der Waals surface area contributed by atoms with E-state index in [0.717, 1.165) is 16.5 Å². The van der Waals surface area contributed by atoms with Crippen LogP contribution in [0.5, 0.6) is 0 Å². The van der Waals surface area contributed by atoms with E-state index in [0.29, 0.717) is 5.56 Å². The van der Waals surface area contributed by atoms with Crippen LogP contribution in [0.4, 0.5) is 0 Å². The number of thioether (sulfide) groups is 1. The molecule has 0 saturated heterocycles. The molecule has 106 valence electrons. The Labute approximate surface area is 121 Å². The molecule has 0 atom stereocenters. The van der Waals surface area contributed by atoms with Crippen LogP contribution in [0.3, 0.4) is 0 Å². The van der Waals surface area contributed by atoms with E-state index in [9.17, 15) is 4.79 Å². The maximum absolute atomic E-state index is 11.0. The minimum absolute atomic E-state index is 0.151. The molecule has 2 aromatic rings. The van der Waals surface area contributed by atoms with Crippen molar-refractivity contribution in [2.75, 3.05) is 0 Å². The van der Waals surface area contributed by atoms with E-state index in [1.807, 2.05) is 12.1 Å². The molecule has 0 radical (unpaired) electrons. The molecule has 0 aliphatic heterocycles. The molecule has 0 aliphatic carbocycles. The highest BCUT2D eigenvalue weighted by molar-refractivity contribution is 7.98. The van der Waals surface area contributed by atoms with Crippen LogP contribution < -0.4 is 5.73 Å². The molecule has 6 nitrogen and oxygen atoms in total. The number of nitrogens with zero attached hydrogens (tertiary/aromatic N) is 4. The van der Waals surface area contributed by atoms with Crippen LogP contribution in [0.25, 0.3) is 0 Å². The van der Waals surface area contributed by atoms with Crippen LogP contribution in [0, 0.1) is 0 Å². The van der Waals surface area contributed by atoms with Gasteiger partial charge in [0.2, 0.25) is 11.1 Å². The third-order valence-electron chi connectivity index (χ3n) is 2.68. The van der Waals surface area contributed by atoms with E-state index in [4.69, 9.17) is 5.73 Å². The summed E-state index contributed by atoms with van der Waals surface area (Å²) in [6.45, 7) is 6.15. The van der Waals surface area contributed by atoms with Gasteiger partial charge in [-0.25, -0.2) is 4.68 Å². The Hall–Kier alpha value is -1.89. The van der Waals surface area contributed by atoms with Crippen molar-refractivity contribution >= 4 is 17.7 Å². The monoisotopic (exact) mass is 291 g/mol. The van der Waals surface area contributed by atoms with Crippen LogP contribution in [0.1, 0.15) is 36.7 Å². The Bertz CT molecular complexity index is 600. The summed E-state index contributed by atoms with van der Waals surface area (Å²) in [6.07, 6.45) is 0. The van der Waals surface area contributed by atoms with Gasteiger partial charge in [0.15, 0.2) is 0 Å². The minimum atomic E-state index is -0.416. The topological polar surface area (TPSA) is 86.7 Å². The predicted octanol–water partition coefficient (Wildman–Crippen LogP) is 1.82. The van der Waals surface area contributed by atoms with Crippen LogP contribution in [-0.4, -0.2) is 26.1 Å². The van der Waals surface area contributed by atoms with Gasteiger partial charge >= 0.3 is 0 Å². The van der Waals surface area contributed by atoms with Crippen LogP contribution in [-0.2, 0) is 11.3 Å². The normalized spacial score (nSPS) is 11.6. The average molecular weight is 291 g/mol. The van der Waals surface area contributed by atoms with Crippen molar-refractivity contribution < 1.29 is 4.79 Å². The fourth-order valence-electron chi connectivity index (χ4n) is 1.60. The molecular formula is C13H17N5OS. The predicted molar refractivity (Wildman–Crippen MR) is 77.3 cm³/mol. The number of hydrogen-bond donors (Lipinski definition) is 1. The standard InChI is InChI=1S/C13H17N5OS/c1-13(2,3)18-12(15-16-17-18)20-8-9-4-6-10(7-5-9)11(14)19/h4-7H,8H2,1-3H3,(H2,14,19). The van der Waals surface area contributed by atoms with Gasteiger partial charge in [-0.15, -0.1) is 5.10 Å². The van der Waals surface area contributed by atoms with E-state index >= 15 is 0 Å². The molecule has 1 aromatic heterocycles. The molecule has 0 aliphatic rings. The SMILES string of the molecule is CC(C)(C)n1nnnc1SCc1ccc(C(N)=O)cc1. The summed E-state index contributed by atoms with van der Waals surface area (Å²) >= 11 is 1.56. The van der Waals surface area contributed by atoms with E-state index in [1.54, 1.807) is 28.6 Å². The molecular weight excluding hydrogens is 274 g/mol. The Morgan fingerprint density at radius 1 is 1.30 bits per heavy atom. The highest BCUT2D eigenvalue weighted by Gasteiger charge is 2.19. The van der Waals surface area contributed by atoms with Gasteiger partial charge in [0.1, 0.15) is 0 Å². The molecule has 2 N–H and O–H groups in total. The second-order valence-electron chi connectivity index (χ2n) is 5.39. The second-order valence-corrected chi connectivity index (χ2v) is 6.34. The summed E-state index contributed by atoms with van der Waals surface area (Å²) in [7, 11) is 0. The first-order chi connectivity index (χ1) is 9.38. The molecule has 0 unspecified atom stereocenters. The number of tetrazole rings is 1. The summed E-state index contributed by atoms with van der Waals surface area (Å²) in [5, 5.41) is 12.5. The van der Waals surface area contributed by atoms with E-state index in [1.165, 1.54) is 0 Å². The molecule has 1 heterocycles. The smallest absolute Gasteiger partial charge is 0.248 e. The molecule has 1 amide bonds. The summed E-state index contributed by atoms with van der Waals surface area (Å²) in [4.78, 5) is 11.0. The highest BCUT2D eigenvalue weighted by atomic mass is 32.2. The van der Waals surface area contributed by atoms with Crippen molar-refractivity contribution in [1.29, 1.82) is 0 Å². The summed E-state index contributed by atoms with van der Waals surface area (Å²) < 4.78 is 1.80. The van der Waals surface area contributed by atoms with Crippen LogP contribution in [0.15, 0.2) is 29.4 Å². The summed E-state index contributed by atoms with van der Waals surface area (Å²) in [6, 6.07) is 7.23. The van der Waals surface area contributed by atoms with Gasteiger partial charge in [-0.3, -0.25) is 4.79 Å². The van der Waals surface area contributed by atoms with Gasteiger partial charge in [-0.1, -0.05) is 23.9 Å². The first-order valence-electron chi connectivity index (χ1n) is 6.18. The van der Waals surface area contributed by atoms with Crippen molar-refractivity contribution in [2.45, 2.75) is 37.2 Å². The van der Waals surface area contributed by atoms with Crippen LogP contribution >= 0.6 is 11.8 Å². The second kappa shape index (κ2) is 5.62. The fraction of sp³-hybridized carbons (Fsp3) is 0.385. The van der Waals surface area contributed by atoms with Crippen molar-refractivity contribution in [1.82, 2.24) is 20.2 Å². The molecule has 0 bridgehead atoms. The van der Waals surface area contributed by atoms with Gasteiger partial charge in [0, 0.05) is 11.3 Å². The maximum atomic E-state index is 11.0. The fourth-order valence-corrected chi connectivity index (χ4v) is 2.62. The zero-order chi connectivity index (χ0) is 14.8. The van der Waals surface area contributed by atoms with Gasteiger partial charge in [0.05, 0.1) is 5.54 Å². The lowest BCUT2D eigenvalue weighted by Gasteiger charge is -2.19. The zero-order valence-electron chi connectivity index (χ0n) is 11.7. The molecule has 0 saturated carbocycles. The van der Waals surface area contributed by atoms with Crippen molar-refractivity contribution in [2.24, 2.45) is 5.73 Å². The Morgan fingerprint density at radius 3 is 2.50 bits per heavy atom. The largest absolute Gasteiger partial charge is 0.366 e. The number of rotatable bonds is 4. The molecule has 0 spiro atoms. The van der Waals surface area contributed by atoms with Gasteiger partial charge in [-0.2, -0.15) is 0 Å². The molecule has 2 rings (SSSR count). The number of carbonyl (C=O) groups is 1. The molecule has 1 aromatic carbocycles. The number of primary amides is 1. The highest BCUT2D eigenvalue weighted by Crippen LogP contribution is 2.24. The third-order valence-corrected chi connectivity index (χ3v) is 3.67. The lowest BCUT2D eigenvalue weighted by Crippen LogP contribution is -2.24. The quantitative estimate of drug-likeness (QED) is 0.868. The maximum Gasteiger partial charge on any atom is 0.248 e. The number of benzene rings is 1. The number of amides is 1. The van der Waals surface area contributed by atoms with E-state index in [-0.39, 0.29) is 5.54 Å².